The summed E-state index contributed by atoms with van der Waals surface area (Å²) in [7, 11) is 0. The Morgan fingerprint density at radius 3 is 2.86 bits per heavy atom. The van der Waals surface area contributed by atoms with Crippen molar-refractivity contribution in [2.75, 3.05) is 6.61 Å². The van der Waals surface area contributed by atoms with E-state index in [2.05, 4.69) is 13.0 Å². The van der Waals surface area contributed by atoms with E-state index >= 15 is 0 Å². The van der Waals surface area contributed by atoms with Crippen molar-refractivity contribution < 1.29 is 9.90 Å². The molecule has 0 aromatic carbocycles. The third kappa shape index (κ3) is 1.72. The van der Waals surface area contributed by atoms with Gasteiger partial charge in [0.1, 0.15) is 5.78 Å². The highest BCUT2D eigenvalue weighted by molar-refractivity contribution is 5.87. The summed E-state index contributed by atoms with van der Waals surface area (Å²) in [6.07, 6.45) is 12.6. The quantitative estimate of drug-likeness (QED) is 0.743. The number of ketones is 1. The van der Waals surface area contributed by atoms with Crippen LogP contribution in [-0.4, -0.2) is 17.5 Å². The van der Waals surface area contributed by atoms with Gasteiger partial charge in [-0.05, 0) is 69.1 Å². The second-order valence-electron chi connectivity index (χ2n) is 8.27. The number of Topliss-reactive ketones (excluding diaryl/α,β-unsaturated/α-hetero) is 1. The Balaban J connectivity index is 1.72. The molecule has 116 valence electrons. The van der Waals surface area contributed by atoms with E-state index in [-0.39, 0.29) is 10.8 Å². The summed E-state index contributed by atoms with van der Waals surface area (Å²) in [5, 5.41) is 10.3. The van der Waals surface area contributed by atoms with Gasteiger partial charge in [-0.25, -0.2) is 0 Å². The summed E-state index contributed by atoms with van der Waals surface area (Å²) in [6, 6.07) is 0. The van der Waals surface area contributed by atoms with Crippen molar-refractivity contribution in [3.63, 3.8) is 0 Å². The van der Waals surface area contributed by atoms with Crippen LogP contribution in [0.4, 0.5) is 0 Å². The van der Waals surface area contributed by atoms with E-state index in [1.807, 2.05) is 0 Å². The third-order valence-electron chi connectivity index (χ3n) is 7.74. The molecule has 0 aromatic heterocycles. The summed E-state index contributed by atoms with van der Waals surface area (Å²) >= 11 is 0. The molecule has 21 heavy (non-hydrogen) atoms. The van der Waals surface area contributed by atoms with Gasteiger partial charge in [0.2, 0.25) is 0 Å². The predicted octanol–water partition coefficient (Wildman–Crippen LogP) is 3.88. The fraction of sp³-hybridized carbons (Fsp3) is 0.842. The molecule has 4 rings (SSSR count). The lowest BCUT2D eigenvalue weighted by atomic mass is 9.47. The molecule has 4 aliphatic carbocycles. The van der Waals surface area contributed by atoms with Crippen molar-refractivity contribution in [1.29, 1.82) is 0 Å². The molecule has 2 nitrogen and oxygen atoms in total. The topological polar surface area (TPSA) is 37.3 Å². The normalized spacial score (nSPS) is 49.1. The van der Waals surface area contributed by atoms with Gasteiger partial charge in [-0.3, -0.25) is 4.79 Å². The lowest BCUT2D eigenvalue weighted by Crippen LogP contribution is -2.52. The highest BCUT2D eigenvalue weighted by atomic mass is 16.3. The molecule has 1 N–H and O–H groups in total. The van der Waals surface area contributed by atoms with Crippen LogP contribution in [0.5, 0.6) is 0 Å². The van der Waals surface area contributed by atoms with Gasteiger partial charge in [0.05, 0.1) is 6.61 Å². The third-order valence-corrected chi connectivity index (χ3v) is 7.74. The molecule has 0 saturated heterocycles. The second kappa shape index (κ2) is 4.68. The number of carbonyl (C=O) groups is 1. The molecular formula is C19H28O2. The van der Waals surface area contributed by atoms with Gasteiger partial charge in [0, 0.05) is 17.3 Å². The van der Waals surface area contributed by atoms with E-state index in [0.717, 1.165) is 25.7 Å². The zero-order valence-electron chi connectivity index (χ0n) is 13.2. The van der Waals surface area contributed by atoms with Crippen molar-refractivity contribution in [2.45, 2.75) is 64.7 Å². The fourth-order valence-electron chi connectivity index (χ4n) is 6.60. The molecule has 5 atom stereocenters. The van der Waals surface area contributed by atoms with Crippen molar-refractivity contribution in [3.8, 4) is 0 Å². The first kappa shape index (κ1) is 14.0. The molecule has 0 bridgehead atoms. The highest BCUT2D eigenvalue weighted by Gasteiger charge is 2.59. The maximum Gasteiger partial charge on any atom is 0.139 e. The van der Waals surface area contributed by atoms with E-state index in [1.165, 1.54) is 32.1 Å². The maximum absolute atomic E-state index is 12.4. The smallest absolute Gasteiger partial charge is 0.139 e. The SMILES string of the molecule is CC12CCC3C(CCC4=CCCCC43CO)C1CCC2=O. The average molecular weight is 288 g/mol. The van der Waals surface area contributed by atoms with E-state index in [1.54, 1.807) is 5.57 Å². The van der Waals surface area contributed by atoms with Crippen molar-refractivity contribution in [1.82, 2.24) is 0 Å². The first-order valence-corrected chi connectivity index (χ1v) is 8.95. The van der Waals surface area contributed by atoms with Gasteiger partial charge in [-0.2, -0.15) is 0 Å². The molecule has 3 saturated carbocycles. The van der Waals surface area contributed by atoms with Crippen LogP contribution in [-0.2, 0) is 4.79 Å². The molecule has 0 aromatic rings. The van der Waals surface area contributed by atoms with Crippen LogP contribution in [0.2, 0.25) is 0 Å². The number of hydrogen-bond acceptors (Lipinski definition) is 2. The molecule has 0 radical (unpaired) electrons. The number of allylic oxidation sites excluding steroid dienone is 1. The van der Waals surface area contributed by atoms with E-state index in [0.29, 0.717) is 30.1 Å². The molecule has 5 unspecified atom stereocenters. The van der Waals surface area contributed by atoms with Crippen LogP contribution in [0, 0.1) is 28.6 Å². The van der Waals surface area contributed by atoms with Crippen LogP contribution >= 0.6 is 0 Å². The van der Waals surface area contributed by atoms with E-state index < -0.39 is 0 Å². The van der Waals surface area contributed by atoms with Crippen molar-refractivity contribution >= 4 is 5.78 Å². The van der Waals surface area contributed by atoms with Gasteiger partial charge in [-0.1, -0.05) is 18.6 Å². The number of fused-ring (bicyclic) bond motifs is 5. The summed E-state index contributed by atoms with van der Waals surface area (Å²) in [6.45, 7) is 2.57. The first-order valence-electron chi connectivity index (χ1n) is 8.95. The minimum Gasteiger partial charge on any atom is -0.395 e. The Hall–Kier alpha value is -0.630. The van der Waals surface area contributed by atoms with Crippen molar-refractivity contribution in [2.24, 2.45) is 28.6 Å². The standard InChI is InChI=1S/C19H28O2/c1-18-11-9-16-14(15(18)7-8-17(18)21)6-5-13-4-2-3-10-19(13,16)12-20/h4,14-16,20H,2-3,5-12H2,1H3. The minimum absolute atomic E-state index is 0.0340. The van der Waals surface area contributed by atoms with Gasteiger partial charge >= 0.3 is 0 Å². The number of aliphatic hydroxyl groups excluding tert-OH is 1. The fourth-order valence-corrected chi connectivity index (χ4v) is 6.60. The molecular weight excluding hydrogens is 260 g/mol. The number of carbonyl (C=O) groups excluding carboxylic acids is 1. The molecule has 0 spiro atoms. The van der Waals surface area contributed by atoms with Crippen LogP contribution in [0.15, 0.2) is 11.6 Å². The van der Waals surface area contributed by atoms with Gasteiger partial charge in [0.25, 0.3) is 0 Å². The summed E-state index contributed by atoms with van der Waals surface area (Å²) in [4.78, 5) is 12.4. The Bertz CT molecular complexity index is 494. The average Bonchev–Trinajstić information content (AvgIpc) is 2.82. The Labute approximate surface area is 128 Å². The molecule has 3 fully saturated rings. The highest BCUT2D eigenvalue weighted by Crippen LogP contribution is 2.64. The Kier molecular flexibility index (Phi) is 3.12. The van der Waals surface area contributed by atoms with E-state index in [9.17, 15) is 9.90 Å². The largest absolute Gasteiger partial charge is 0.395 e. The Morgan fingerprint density at radius 2 is 2.05 bits per heavy atom. The minimum atomic E-state index is -0.0340. The van der Waals surface area contributed by atoms with Gasteiger partial charge in [0.15, 0.2) is 0 Å². The maximum atomic E-state index is 12.4. The van der Waals surface area contributed by atoms with Crippen LogP contribution in [0.3, 0.4) is 0 Å². The second-order valence-corrected chi connectivity index (χ2v) is 8.27. The summed E-state index contributed by atoms with van der Waals surface area (Å²) in [5.74, 6) is 2.43. The number of hydrogen-bond donors (Lipinski definition) is 1. The molecule has 2 heteroatoms. The molecule has 0 aliphatic heterocycles. The van der Waals surface area contributed by atoms with Gasteiger partial charge < -0.3 is 5.11 Å². The summed E-state index contributed by atoms with van der Waals surface area (Å²) in [5.41, 5.74) is 1.60. The predicted molar refractivity (Wildman–Crippen MR) is 82.7 cm³/mol. The molecule has 0 heterocycles. The molecule has 4 aliphatic rings. The number of rotatable bonds is 1. The summed E-state index contributed by atoms with van der Waals surface area (Å²) < 4.78 is 0. The molecule has 0 amide bonds. The van der Waals surface area contributed by atoms with Crippen LogP contribution in [0.1, 0.15) is 64.7 Å². The first-order chi connectivity index (χ1) is 10.1. The van der Waals surface area contributed by atoms with E-state index in [4.69, 9.17) is 0 Å². The monoisotopic (exact) mass is 288 g/mol. The van der Waals surface area contributed by atoms with Crippen LogP contribution in [0.25, 0.3) is 0 Å². The Morgan fingerprint density at radius 1 is 1.19 bits per heavy atom. The lowest BCUT2D eigenvalue weighted by Gasteiger charge is -2.57. The van der Waals surface area contributed by atoms with Gasteiger partial charge in [-0.15, -0.1) is 0 Å². The number of aliphatic hydroxyl groups is 1. The zero-order chi connectivity index (χ0) is 14.7. The lowest BCUT2D eigenvalue weighted by molar-refractivity contribution is -0.133. The zero-order valence-corrected chi connectivity index (χ0v) is 13.2. The van der Waals surface area contributed by atoms with Crippen molar-refractivity contribution in [3.05, 3.63) is 11.6 Å². The van der Waals surface area contributed by atoms with Crippen LogP contribution < -0.4 is 0 Å².